The Kier molecular flexibility index (Phi) is 7.50. The molecule has 1 atom stereocenters. The van der Waals surface area contributed by atoms with Crippen LogP contribution in [0.15, 0.2) is 60.7 Å². The number of esters is 1. The molecular weight excluding hydrogens is 475 g/mol. The Hall–Kier alpha value is -3.91. The van der Waals surface area contributed by atoms with Gasteiger partial charge in [0.2, 0.25) is 0 Å². The van der Waals surface area contributed by atoms with Crippen LogP contribution in [0.1, 0.15) is 60.3 Å². The Morgan fingerprint density at radius 2 is 1.68 bits per heavy atom. The van der Waals surface area contributed by atoms with E-state index in [0.717, 1.165) is 5.56 Å². The molecular formula is C29H31FN2O5. The van der Waals surface area contributed by atoms with Gasteiger partial charge in [0, 0.05) is 23.7 Å². The Morgan fingerprint density at radius 3 is 2.30 bits per heavy atom. The Labute approximate surface area is 215 Å². The molecule has 0 saturated carbocycles. The number of fused-ring (bicyclic) bond motifs is 1. The largest absolute Gasteiger partial charge is 0.486 e. The van der Waals surface area contributed by atoms with Crippen molar-refractivity contribution in [2.24, 2.45) is 5.73 Å². The average Bonchev–Trinajstić information content (AvgIpc) is 2.85. The minimum Gasteiger partial charge on any atom is -0.486 e. The number of nitrogens with zero attached hydrogens (tertiary/aromatic N) is 1. The molecule has 0 aliphatic carbocycles. The summed E-state index contributed by atoms with van der Waals surface area (Å²) in [5.74, 6) is -1.17. The maximum atomic E-state index is 15.9. The summed E-state index contributed by atoms with van der Waals surface area (Å²) in [5.41, 5.74) is 6.49. The first kappa shape index (κ1) is 26.2. The highest BCUT2D eigenvalue weighted by Gasteiger charge is 2.39. The van der Waals surface area contributed by atoms with E-state index >= 15 is 4.39 Å². The molecule has 0 radical (unpaired) electrons. The lowest BCUT2D eigenvalue weighted by Gasteiger charge is -2.36. The molecule has 1 aliphatic heterocycles. The smallest absolute Gasteiger partial charge is 0.414 e. The number of benzene rings is 3. The van der Waals surface area contributed by atoms with Gasteiger partial charge in [0.05, 0.1) is 5.69 Å². The number of ether oxygens (including phenoxy) is 3. The number of anilines is 1. The van der Waals surface area contributed by atoms with Crippen LogP contribution in [0, 0.1) is 12.7 Å². The fourth-order valence-electron chi connectivity index (χ4n) is 4.22. The first-order valence-corrected chi connectivity index (χ1v) is 12.1. The van der Waals surface area contributed by atoms with Gasteiger partial charge in [-0.2, -0.15) is 0 Å². The fraction of sp³-hybridized carbons (Fsp3) is 0.310. The number of rotatable bonds is 5. The molecule has 0 fully saturated rings. The number of hydrogen-bond acceptors (Lipinski definition) is 6. The quantitative estimate of drug-likeness (QED) is 0.333. The highest BCUT2D eigenvalue weighted by Crippen LogP contribution is 2.46. The lowest BCUT2D eigenvalue weighted by atomic mass is 9.90. The van der Waals surface area contributed by atoms with Gasteiger partial charge in [0.15, 0.2) is 5.75 Å². The molecule has 0 bridgehead atoms. The van der Waals surface area contributed by atoms with Crippen molar-refractivity contribution in [3.05, 3.63) is 88.7 Å². The first-order chi connectivity index (χ1) is 17.6. The number of carbonyl (C=O) groups excluding carboxylic acids is 2. The van der Waals surface area contributed by atoms with E-state index < -0.39 is 29.5 Å². The van der Waals surface area contributed by atoms with Crippen LogP contribution in [0.4, 0.5) is 14.9 Å². The van der Waals surface area contributed by atoms with Gasteiger partial charge in [-0.25, -0.2) is 14.0 Å². The standard InChI is InChI=1S/C29H31FN2O5/c1-18-22(27(33)36-20-13-9-6-10-14-20)26(35-17-19-11-7-5-8-12-19)25-23(24(18)30)21(31)15-16-32(25)28(34)37-29(2,3)4/h5-14,21H,15-17,31H2,1-4H3. The number of halogens is 1. The van der Waals surface area contributed by atoms with Crippen molar-refractivity contribution in [2.45, 2.75) is 52.4 Å². The van der Waals surface area contributed by atoms with Crippen LogP contribution < -0.4 is 20.1 Å². The van der Waals surface area contributed by atoms with E-state index in [9.17, 15) is 9.59 Å². The molecule has 194 valence electrons. The summed E-state index contributed by atoms with van der Waals surface area (Å²) in [4.78, 5) is 28.0. The fourth-order valence-corrected chi connectivity index (χ4v) is 4.22. The zero-order chi connectivity index (χ0) is 26.7. The maximum absolute atomic E-state index is 15.9. The second-order valence-electron chi connectivity index (χ2n) is 9.91. The summed E-state index contributed by atoms with van der Waals surface area (Å²) >= 11 is 0. The summed E-state index contributed by atoms with van der Waals surface area (Å²) < 4.78 is 33.3. The van der Waals surface area contributed by atoms with E-state index in [2.05, 4.69) is 0 Å². The van der Waals surface area contributed by atoms with Crippen LogP contribution >= 0.6 is 0 Å². The second-order valence-corrected chi connectivity index (χ2v) is 9.91. The average molecular weight is 507 g/mol. The Bertz CT molecular complexity index is 1290. The van der Waals surface area contributed by atoms with Crippen molar-refractivity contribution in [1.29, 1.82) is 0 Å². The van der Waals surface area contributed by atoms with E-state index in [-0.39, 0.29) is 41.3 Å². The number of amides is 1. The predicted octanol–water partition coefficient (Wildman–Crippen LogP) is 6.08. The SMILES string of the molecule is Cc1c(F)c2c(c(OCc3ccccc3)c1C(=O)Oc1ccccc1)N(C(=O)OC(C)(C)C)CCC2N. The summed E-state index contributed by atoms with van der Waals surface area (Å²) in [6.45, 7) is 6.94. The summed E-state index contributed by atoms with van der Waals surface area (Å²) in [6, 6.07) is 17.1. The van der Waals surface area contributed by atoms with Crippen molar-refractivity contribution in [3.8, 4) is 11.5 Å². The highest BCUT2D eigenvalue weighted by atomic mass is 19.1. The number of hydrogen-bond donors (Lipinski definition) is 1. The lowest BCUT2D eigenvalue weighted by Crippen LogP contribution is -2.42. The minimum absolute atomic E-state index is 0.0275. The molecule has 8 heteroatoms. The maximum Gasteiger partial charge on any atom is 0.414 e. The molecule has 37 heavy (non-hydrogen) atoms. The van der Waals surface area contributed by atoms with Gasteiger partial charge >= 0.3 is 12.1 Å². The van der Waals surface area contributed by atoms with Crippen molar-refractivity contribution in [1.82, 2.24) is 0 Å². The van der Waals surface area contributed by atoms with Gasteiger partial charge in [-0.3, -0.25) is 4.90 Å². The molecule has 0 saturated heterocycles. The van der Waals surface area contributed by atoms with E-state index in [4.69, 9.17) is 19.9 Å². The zero-order valence-corrected chi connectivity index (χ0v) is 21.4. The van der Waals surface area contributed by atoms with Crippen molar-refractivity contribution in [2.75, 3.05) is 11.4 Å². The minimum atomic E-state index is -0.809. The number of nitrogens with two attached hydrogens (primary N) is 1. The van der Waals surface area contributed by atoms with E-state index in [0.29, 0.717) is 12.2 Å². The lowest BCUT2D eigenvalue weighted by molar-refractivity contribution is 0.0573. The molecule has 0 aromatic heterocycles. The third kappa shape index (κ3) is 5.75. The van der Waals surface area contributed by atoms with Crippen molar-refractivity contribution in [3.63, 3.8) is 0 Å². The van der Waals surface area contributed by atoms with Crippen LogP contribution in [0.5, 0.6) is 11.5 Å². The molecule has 2 N–H and O–H groups in total. The number of carbonyl (C=O) groups is 2. The van der Waals surface area contributed by atoms with Crippen LogP contribution in [-0.2, 0) is 11.3 Å². The van der Waals surface area contributed by atoms with Gasteiger partial charge in [0.1, 0.15) is 29.3 Å². The topological polar surface area (TPSA) is 91.1 Å². The van der Waals surface area contributed by atoms with Crippen molar-refractivity contribution < 1.29 is 28.2 Å². The zero-order valence-electron chi connectivity index (χ0n) is 21.4. The van der Waals surface area contributed by atoms with Crippen LogP contribution in [-0.4, -0.2) is 24.2 Å². The molecule has 1 aliphatic rings. The Morgan fingerprint density at radius 1 is 1.05 bits per heavy atom. The predicted molar refractivity (Wildman–Crippen MR) is 138 cm³/mol. The van der Waals surface area contributed by atoms with E-state index in [1.807, 2.05) is 30.3 Å². The normalized spacial score (nSPS) is 15.1. The molecule has 4 rings (SSSR count). The van der Waals surface area contributed by atoms with Gasteiger partial charge < -0.3 is 19.9 Å². The molecule has 3 aromatic rings. The molecule has 1 amide bonds. The van der Waals surface area contributed by atoms with E-state index in [1.165, 1.54) is 11.8 Å². The van der Waals surface area contributed by atoms with Crippen LogP contribution in [0.3, 0.4) is 0 Å². The van der Waals surface area contributed by atoms with Crippen LogP contribution in [0.2, 0.25) is 0 Å². The monoisotopic (exact) mass is 506 g/mol. The van der Waals surface area contributed by atoms with Gasteiger partial charge in [-0.1, -0.05) is 48.5 Å². The highest BCUT2D eigenvalue weighted by molar-refractivity contribution is 6.02. The van der Waals surface area contributed by atoms with Crippen LogP contribution in [0.25, 0.3) is 0 Å². The summed E-state index contributed by atoms with van der Waals surface area (Å²) in [7, 11) is 0. The molecule has 7 nitrogen and oxygen atoms in total. The van der Waals surface area contributed by atoms with Gasteiger partial charge in [0.25, 0.3) is 0 Å². The molecule has 3 aromatic carbocycles. The summed E-state index contributed by atoms with van der Waals surface area (Å²) in [5, 5.41) is 0. The van der Waals surface area contributed by atoms with Gasteiger partial charge in [-0.05, 0) is 51.8 Å². The van der Waals surface area contributed by atoms with Gasteiger partial charge in [-0.15, -0.1) is 0 Å². The molecule has 1 heterocycles. The number of para-hydroxylation sites is 1. The Balaban J connectivity index is 1.88. The second kappa shape index (κ2) is 10.6. The third-order valence-electron chi connectivity index (χ3n) is 5.94. The van der Waals surface area contributed by atoms with Crippen molar-refractivity contribution >= 4 is 17.7 Å². The molecule has 0 spiro atoms. The first-order valence-electron chi connectivity index (χ1n) is 12.1. The van der Waals surface area contributed by atoms with E-state index in [1.54, 1.807) is 51.1 Å². The summed E-state index contributed by atoms with van der Waals surface area (Å²) in [6.07, 6.45) is -0.370. The third-order valence-corrected chi connectivity index (χ3v) is 5.94. The molecule has 1 unspecified atom stereocenters.